The van der Waals surface area contributed by atoms with Crippen molar-refractivity contribution in [3.05, 3.63) is 83.9 Å². The minimum absolute atomic E-state index is 0.169. The number of ether oxygens (including phenoxy) is 2. The van der Waals surface area contributed by atoms with Crippen molar-refractivity contribution in [1.82, 2.24) is 5.32 Å². The lowest BCUT2D eigenvalue weighted by Gasteiger charge is -2.26. The summed E-state index contributed by atoms with van der Waals surface area (Å²) in [7, 11) is -1.43. The zero-order chi connectivity index (χ0) is 26.5. The summed E-state index contributed by atoms with van der Waals surface area (Å²) >= 11 is 0. The van der Waals surface area contributed by atoms with E-state index in [0.29, 0.717) is 27.4 Å². The first-order valence-corrected chi connectivity index (χ1v) is 12.2. The fourth-order valence-electron chi connectivity index (χ4n) is 3.55. The van der Waals surface area contributed by atoms with Crippen LogP contribution in [0.4, 0.5) is 18.9 Å². The van der Waals surface area contributed by atoms with Gasteiger partial charge in [-0.25, -0.2) is 8.42 Å². The molecule has 36 heavy (non-hydrogen) atoms. The molecule has 1 amide bonds. The van der Waals surface area contributed by atoms with E-state index in [2.05, 4.69) is 5.32 Å². The van der Waals surface area contributed by atoms with Crippen LogP contribution in [-0.4, -0.2) is 35.1 Å². The van der Waals surface area contributed by atoms with Crippen LogP contribution in [0.25, 0.3) is 0 Å². The maximum Gasteiger partial charge on any atom is 0.416 e. The van der Waals surface area contributed by atoms with Crippen molar-refractivity contribution in [3.8, 4) is 11.5 Å². The molecule has 0 fully saturated rings. The van der Waals surface area contributed by atoms with Crippen LogP contribution in [0.15, 0.2) is 77.7 Å². The van der Waals surface area contributed by atoms with Crippen LogP contribution in [0.5, 0.6) is 11.5 Å². The number of anilines is 1. The van der Waals surface area contributed by atoms with Gasteiger partial charge in [-0.15, -0.1) is 0 Å². The lowest BCUT2D eigenvalue weighted by Crippen LogP contribution is -2.41. The Bertz CT molecular complexity index is 1310. The molecule has 0 spiro atoms. The Kier molecular flexibility index (Phi) is 8.13. The van der Waals surface area contributed by atoms with Crippen molar-refractivity contribution in [2.24, 2.45) is 0 Å². The number of sulfonamides is 1. The quantitative estimate of drug-likeness (QED) is 0.437. The van der Waals surface area contributed by atoms with Gasteiger partial charge in [-0.2, -0.15) is 13.2 Å². The lowest BCUT2D eigenvalue weighted by atomic mass is 10.1. The summed E-state index contributed by atoms with van der Waals surface area (Å²) in [6.45, 7) is 0.907. The van der Waals surface area contributed by atoms with E-state index in [1.54, 1.807) is 31.2 Å². The van der Waals surface area contributed by atoms with Crippen LogP contribution in [0.3, 0.4) is 0 Å². The number of carbonyl (C=O) groups excluding carboxylic acids is 1. The number of nitrogens with one attached hydrogen (secondary N) is 1. The van der Waals surface area contributed by atoms with Crippen LogP contribution in [0, 0.1) is 0 Å². The summed E-state index contributed by atoms with van der Waals surface area (Å²) in [5.41, 5.74) is -0.764. The van der Waals surface area contributed by atoms with E-state index in [9.17, 15) is 26.4 Å². The fourth-order valence-corrected chi connectivity index (χ4v) is 4.98. The van der Waals surface area contributed by atoms with E-state index in [1.165, 1.54) is 44.6 Å². The molecule has 0 bridgehead atoms. The molecule has 11 heteroatoms. The number of methoxy groups -OCH3 is 2. The van der Waals surface area contributed by atoms with E-state index < -0.39 is 40.3 Å². The van der Waals surface area contributed by atoms with Gasteiger partial charge in [0.2, 0.25) is 5.91 Å². The van der Waals surface area contributed by atoms with Gasteiger partial charge in [-0.1, -0.05) is 24.3 Å². The fraction of sp³-hybridized carbons (Fsp3) is 0.240. The van der Waals surface area contributed by atoms with Crippen molar-refractivity contribution in [2.75, 3.05) is 25.1 Å². The Morgan fingerprint density at radius 1 is 0.972 bits per heavy atom. The second-order valence-corrected chi connectivity index (χ2v) is 9.63. The highest BCUT2D eigenvalue weighted by Crippen LogP contribution is 2.33. The van der Waals surface area contributed by atoms with E-state index in [-0.39, 0.29) is 10.6 Å². The number of nitrogens with zero attached hydrogens (tertiary/aromatic N) is 1. The second kappa shape index (κ2) is 10.9. The molecule has 0 aliphatic rings. The molecule has 1 atom stereocenters. The molecule has 0 radical (unpaired) electrons. The Labute approximate surface area is 207 Å². The molecule has 0 aromatic heterocycles. The van der Waals surface area contributed by atoms with Gasteiger partial charge >= 0.3 is 6.18 Å². The molecule has 3 aromatic rings. The zero-order valence-corrected chi connectivity index (χ0v) is 20.6. The first-order valence-electron chi connectivity index (χ1n) is 10.7. The minimum Gasteiger partial charge on any atom is -0.497 e. The lowest BCUT2D eigenvalue weighted by molar-refractivity contribution is -0.137. The highest BCUT2D eigenvalue weighted by molar-refractivity contribution is 7.92. The topological polar surface area (TPSA) is 84.9 Å². The number of amides is 1. The maximum absolute atomic E-state index is 13.4. The third-order valence-corrected chi connectivity index (χ3v) is 7.15. The molecule has 3 rings (SSSR count). The van der Waals surface area contributed by atoms with Gasteiger partial charge in [-0.3, -0.25) is 9.10 Å². The van der Waals surface area contributed by atoms with Crippen LogP contribution >= 0.6 is 0 Å². The summed E-state index contributed by atoms with van der Waals surface area (Å²) in [6.07, 6.45) is -4.70. The predicted molar refractivity (Wildman–Crippen MR) is 129 cm³/mol. The third kappa shape index (κ3) is 6.09. The van der Waals surface area contributed by atoms with Crippen LogP contribution in [0.1, 0.15) is 24.1 Å². The number of carbonyl (C=O) groups is 1. The van der Waals surface area contributed by atoms with Gasteiger partial charge in [0.15, 0.2) is 0 Å². The van der Waals surface area contributed by atoms with Gasteiger partial charge in [0.05, 0.1) is 36.4 Å². The third-order valence-electron chi connectivity index (χ3n) is 5.36. The molecule has 0 heterocycles. The van der Waals surface area contributed by atoms with Crippen molar-refractivity contribution in [2.45, 2.75) is 24.0 Å². The molecule has 1 N–H and O–H groups in total. The molecule has 0 saturated carbocycles. The van der Waals surface area contributed by atoms with Crippen LogP contribution in [-0.2, 0) is 21.0 Å². The minimum atomic E-state index is -4.70. The summed E-state index contributed by atoms with van der Waals surface area (Å²) in [6, 6.07) is 15.4. The maximum atomic E-state index is 13.4. The van der Waals surface area contributed by atoms with Crippen molar-refractivity contribution in [1.29, 1.82) is 0 Å². The Balaban J connectivity index is 1.96. The largest absolute Gasteiger partial charge is 0.497 e. The Morgan fingerprint density at radius 2 is 1.67 bits per heavy atom. The summed E-state index contributed by atoms with van der Waals surface area (Å²) in [5, 5.41) is 2.69. The van der Waals surface area contributed by atoms with Gasteiger partial charge in [0.1, 0.15) is 18.0 Å². The Morgan fingerprint density at radius 3 is 2.28 bits per heavy atom. The van der Waals surface area contributed by atoms with Gasteiger partial charge in [0, 0.05) is 5.56 Å². The van der Waals surface area contributed by atoms with Crippen LogP contribution in [0.2, 0.25) is 0 Å². The summed E-state index contributed by atoms with van der Waals surface area (Å²) in [4.78, 5) is 12.8. The van der Waals surface area contributed by atoms with Crippen molar-refractivity contribution >= 4 is 21.6 Å². The molecular weight excluding hydrogens is 497 g/mol. The van der Waals surface area contributed by atoms with Gasteiger partial charge in [-0.05, 0) is 55.5 Å². The molecule has 7 nitrogen and oxygen atoms in total. The van der Waals surface area contributed by atoms with E-state index in [4.69, 9.17) is 9.47 Å². The number of benzene rings is 3. The molecule has 192 valence electrons. The van der Waals surface area contributed by atoms with Crippen molar-refractivity contribution < 1.29 is 35.9 Å². The number of halogens is 3. The average Bonchev–Trinajstić information content (AvgIpc) is 2.86. The zero-order valence-electron chi connectivity index (χ0n) is 19.7. The highest BCUT2D eigenvalue weighted by atomic mass is 32.2. The summed E-state index contributed by atoms with van der Waals surface area (Å²) in [5.74, 6) is 0.253. The van der Waals surface area contributed by atoms with Crippen LogP contribution < -0.4 is 19.1 Å². The number of alkyl halides is 3. The van der Waals surface area contributed by atoms with E-state index in [0.717, 1.165) is 12.1 Å². The molecule has 0 aliphatic heterocycles. The van der Waals surface area contributed by atoms with Gasteiger partial charge < -0.3 is 14.8 Å². The average molecular weight is 523 g/mol. The smallest absolute Gasteiger partial charge is 0.416 e. The van der Waals surface area contributed by atoms with Gasteiger partial charge in [0.25, 0.3) is 10.0 Å². The summed E-state index contributed by atoms with van der Waals surface area (Å²) < 4.78 is 78.0. The predicted octanol–water partition coefficient (Wildman–Crippen LogP) is 4.80. The normalized spacial score (nSPS) is 12.5. The molecule has 0 aliphatic carbocycles. The number of hydrogen-bond donors (Lipinski definition) is 1. The SMILES string of the molecule is COc1ccc(OC)c([C@@H](C)NC(=O)CN(c2cccc(C(F)(F)F)c2)S(=O)(=O)c2ccccc2)c1. The Hall–Kier alpha value is -3.73. The molecular formula is C25H25F3N2O5S. The first-order chi connectivity index (χ1) is 17.0. The molecule has 0 saturated heterocycles. The molecule has 3 aromatic carbocycles. The number of hydrogen-bond acceptors (Lipinski definition) is 5. The highest BCUT2D eigenvalue weighted by Gasteiger charge is 2.33. The second-order valence-electron chi connectivity index (χ2n) is 7.77. The molecule has 0 unspecified atom stereocenters. The van der Waals surface area contributed by atoms with E-state index >= 15 is 0 Å². The first kappa shape index (κ1) is 26.9. The standard InChI is InChI=1S/C25H25F3N2O5S/c1-17(22-15-20(34-2)12-13-23(22)35-3)29-24(31)16-30(36(32,33)21-10-5-4-6-11-21)19-9-7-8-18(14-19)25(26,27)28/h4-15,17H,16H2,1-3H3,(H,29,31)/t17-/m1/s1. The van der Waals surface area contributed by atoms with E-state index in [1.807, 2.05) is 0 Å². The van der Waals surface area contributed by atoms with Crippen molar-refractivity contribution in [3.63, 3.8) is 0 Å². The monoisotopic (exact) mass is 522 g/mol. The number of rotatable bonds is 9.